The third kappa shape index (κ3) is 3.87. The van der Waals surface area contributed by atoms with E-state index < -0.39 is 0 Å². The highest BCUT2D eigenvalue weighted by atomic mass is 79.9. The van der Waals surface area contributed by atoms with Crippen LogP contribution in [0, 0.1) is 0 Å². The van der Waals surface area contributed by atoms with Gasteiger partial charge in [-0.3, -0.25) is 0 Å². The van der Waals surface area contributed by atoms with Crippen LogP contribution in [0.5, 0.6) is 11.5 Å². The van der Waals surface area contributed by atoms with Gasteiger partial charge in [-0.25, -0.2) is 14.6 Å². The molecule has 0 fully saturated rings. The lowest BCUT2D eigenvalue weighted by Crippen LogP contribution is -2.04. The van der Waals surface area contributed by atoms with E-state index in [4.69, 9.17) is 15.6 Å². The molecule has 3 aromatic carbocycles. The largest absolute Gasteiger partial charge is 0.457 e. The van der Waals surface area contributed by atoms with Crippen molar-refractivity contribution in [3.8, 4) is 22.8 Å². The summed E-state index contributed by atoms with van der Waals surface area (Å²) in [5.74, 6) is 1.94. The third-order valence-electron chi connectivity index (χ3n) is 4.94. The number of hydrogen-bond donors (Lipinski definition) is 1. The number of rotatable bonds is 5. The van der Waals surface area contributed by atoms with Crippen LogP contribution >= 0.6 is 15.9 Å². The molecule has 0 aliphatic carbocycles. The zero-order valence-corrected chi connectivity index (χ0v) is 18.0. The Hall–Kier alpha value is -3.71. The van der Waals surface area contributed by atoms with E-state index in [9.17, 15) is 0 Å². The second-order valence-electron chi connectivity index (χ2n) is 6.99. The zero-order chi connectivity index (χ0) is 21.2. The maximum atomic E-state index is 6.22. The Morgan fingerprint density at radius 1 is 0.839 bits per heavy atom. The fraction of sp³-hybridized carbons (Fsp3) is 0.0417. The van der Waals surface area contributed by atoms with Crippen molar-refractivity contribution in [2.24, 2.45) is 0 Å². The number of nitrogen functional groups attached to an aromatic ring is 1. The summed E-state index contributed by atoms with van der Waals surface area (Å²) in [7, 11) is 0. The van der Waals surface area contributed by atoms with E-state index in [-0.39, 0.29) is 0 Å². The molecule has 2 aromatic heterocycles. The fourth-order valence-corrected chi connectivity index (χ4v) is 3.85. The van der Waals surface area contributed by atoms with Crippen LogP contribution in [0.3, 0.4) is 0 Å². The number of hydrogen-bond acceptors (Lipinski definition) is 5. The average Bonchev–Trinajstić information content (AvgIpc) is 3.16. The number of nitrogens with two attached hydrogens (primary N) is 1. The number of ether oxygens (including phenoxy) is 1. The lowest BCUT2D eigenvalue weighted by molar-refractivity contribution is 0.483. The van der Waals surface area contributed by atoms with Crippen LogP contribution < -0.4 is 10.5 Å². The number of nitrogens with zero attached hydrogens (tertiary/aromatic N) is 4. The van der Waals surface area contributed by atoms with Crippen molar-refractivity contribution < 1.29 is 4.74 Å². The molecule has 0 aliphatic rings. The Morgan fingerprint density at radius 3 is 2.32 bits per heavy atom. The maximum Gasteiger partial charge on any atom is 0.164 e. The van der Waals surface area contributed by atoms with Crippen molar-refractivity contribution >= 4 is 32.8 Å². The third-order valence-corrected chi connectivity index (χ3v) is 5.72. The summed E-state index contributed by atoms with van der Waals surface area (Å²) in [6, 6.07) is 25.5. The first-order valence-electron chi connectivity index (χ1n) is 9.73. The van der Waals surface area contributed by atoms with Crippen LogP contribution in [0.4, 0.5) is 5.82 Å². The lowest BCUT2D eigenvalue weighted by Gasteiger charge is -2.06. The number of halogens is 1. The molecule has 7 heteroatoms. The molecule has 0 atom stereocenters. The van der Waals surface area contributed by atoms with Crippen molar-refractivity contribution in [1.29, 1.82) is 0 Å². The van der Waals surface area contributed by atoms with Crippen molar-refractivity contribution in [2.45, 2.75) is 6.54 Å². The van der Waals surface area contributed by atoms with Gasteiger partial charge in [0.1, 0.15) is 29.3 Å². The topological polar surface area (TPSA) is 78.8 Å². The highest BCUT2D eigenvalue weighted by Crippen LogP contribution is 2.32. The van der Waals surface area contributed by atoms with Crippen LogP contribution in [-0.4, -0.2) is 19.7 Å². The van der Waals surface area contributed by atoms with Crippen molar-refractivity contribution in [3.05, 3.63) is 95.2 Å². The van der Waals surface area contributed by atoms with E-state index >= 15 is 0 Å². The standard InChI is InChI=1S/C24H18BrN5O/c25-20-9-5-4-6-17(20)14-30-24-21(23(26)27-15-28-24)22(29-30)16-10-12-19(13-11-16)31-18-7-2-1-3-8-18/h1-13,15H,14H2,(H2,26,27,28). The summed E-state index contributed by atoms with van der Waals surface area (Å²) in [5, 5.41) is 5.58. The molecule has 0 unspecified atom stereocenters. The molecule has 5 aromatic rings. The molecule has 0 aliphatic heterocycles. The van der Waals surface area contributed by atoms with Gasteiger partial charge in [-0.1, -0.05) is 52.3 Å². The van der Waals surface area contributed by atoms with Crippen molar-refractivity contribution in [1.82, 2.24) is 19.7 Å². The van der Waals surface area contributed by atoms with Crippen LogP contribution in [-0.2, 0) is 6.54 Å². The van der Waals surface area contributed by atoms with E-state index in [0.29, 0.717) is 18.0 Å². The number of aromatic nitrogens is 4. The molecule has 0 saturated heterocycles. The lowest BCUT2D eigenvalue weighted by atomic mass is 10.1. The molecular formula is C24H18BrN5O. The predicted octanol–water partition coefficient (Wildman–Crippen LogP) is 5.68. The number of benzene rings is 3. The second-order valence-corrected chi connectivity index (χ2v) is 7.85. The SMILES string of the molecule is Nc1ncnc2c1c(-c1ccc(Oc3ccccc3)cc1)nn2Cc1ccccc1Br. The average molecular weight is 472 g/mol. The molecule has 0 amide bonds. The smallest absolute Gasteiger partial charge is 0.164 e. The molecule has 152 valence electrons. The predicted molar refractivity (Wildman–Crippen MR) is 125 cm³/mol. The summed E-state index contributed by atoms with van der Waals surface area (Å²) in [4.78, 5) is 8.64. The summed E-state index contributed by atoms with van der Waals surface area (Å²) < 4.78 is 8.77. The van der Waals surface area contributed by atoms with E-state index in [1.165, 1.54) is 6.33 Å². The first kappa shape index (κ1) is 19.3. The van der Waals surface area contributed by atoms with Gasteiger partial charge in [-0.15, -0.1) is 0 Å². The minimum atomic E-state index is 0.406. The van der Waals surface area contributed by atoms with Gasteiger partial charge in [-0.05, 0) is 48.0 Å². The number of para-hydroxylation sites is 1. The Balaban J connectivity index is 1.53. The van der Waals surface area contributed by atoms with Crippen LogP contribution in [0.1, 0.15) is 5.56 Å². The van der Waals surface area contributed by atoms with Gasteiger partial charge in [-0.2, -0.15) is 5.10 Å². The minimum absolute atomic E-state index is 0.406. The maximum absolute atomic E-state index is 6.22. The molecule has 0 radical (unpaired) electrons. The summed E-state index contributed by atoms with van der Waals surface area (Å²) in [5.41, 5.74) is 9.68. The Bertz CT molecular complexity index is 1350. The first-order valence-corrected chi connectivity index (χ1v) is 10.5. The molecular weight excluding hydrogens is 454 g/mol. The van der Waals surface area contributed by atoms with Gasteiger partial charge in [0.25, 0.3) is 0 Å². The normalized spacial score (nSPS) is 11.0. The molecule has 0 saturated carbocycles. The van der Waals surface area contributed by atoms with Crippen molar-refractivity contribution in [3.63, 3.8) is 0 Å². The quantitative estimate of drug-likeness (QED) is 0.356. The van der Waals surface area contributed by atoms with Crippen LogP contribution in [0.25, 0.3) is 22.3 Å². The highest BCUT2D eigenvalue weighted by Gasteiger charge is 2.17. The summed E-state index contributed by atoms with van der Waals surface area (Å²) >= 11 is 3.61. The molecule has 2 N–H and O–H groups in total. The monoisotopic (exact) mass is 471 g/mol. The second kappa shape index (κ2) is 8.20. The van der Waals surface area contributed by atoms with E-state index in [1.54, 1.807) is 0 Å². The summed E-state index contributed by atoms with van der Waals surface area (Å²) in [6.45, 7) is 0.559. The van der Waals surface area contributed by atoms with E-state index in [2.05, 4.69) is 32.0 Å². The minimum Gasteiger partial charge on any atom is -0.457 e. The highest BCUT2D eigenvalue weighted by molar-refractivity contribution is 9.10. The number of anilines is 1. The fourth-order valence-electron chi connectivity index (χ4n) is 3.44. The number of fused-ring (bicyclic) bond motifs is 1. The van der Waals surface area contributed by atoms with Gasteiger partial charge in [0.15, 0.2) is 5.65 Å². The molecule has 0 bridgehead atoms. The van der Waals surface area contributed by atoms with E-state index in [0.717, 1.165) is 38.2 Å². The molecule has 5 rings (SSSR count). The Labute approximate surface area is 187 Å². The van der Waals surface area contributed by atoms with Crippen LogP contribution in [0.15, 0.2) is 89.7 Å². The van der Waals surface area contributed by atoms with Gasteiger partial charge >= 0.3 is 0 Å². The van der Waals surface area contributed by atoms with Gasteiger partial charge < -0.3 is 10.5 Å². The van der Waals surface area contributed by atoms with E-state index in [1.807, 2.05) is 77.5 Å². The molecule has 0 spiro atoms. The Morgan fingerprint density at radius 2 is 1.55 bits per heavy atom. The van der Waals surface area contributed by atoms with Gasteiger partial charge in [0.05, 0.1) is 11.9 Å². The van der Waals surface area contributed by atoms with Crippen LogP contribution in [0.2, 0.25) is 0 Å². The molecule has 6 nitrogen and oxygen atoms in total. The summed E-state index contributed by atoms with van der Waals surface area (Å²) in [6.07, 6.45) is 1.47. The van der Waals surface area contributed by atoms with Crippen molar-refractivity contribution in [2.75, 3.05) is 5.73 Å². The molecule has 2 heterocycles. The first-order chi connectivity index (χ1) is 15.2. The van der Waals surface area contributed by atoms with Gasteiger partial charge in [0, 0.05) is 10.0 Å². The molecule has 31 heavy (non-hydrogen) atoms. The Kier molecular flexibility index (Phi) is 5.09. The van der Waals surface area contributed by atoms with Gasteiger partial charge in [0.2, 0.25) is 0 Å². The zero-order valence-electron chi connectivity index (χ0n) is 16.4.